The number of aromatic nitrogens is 3. The summed E-state index contributed by atoms with van der Waals surface area (Å²) in [5.74, 6) is -0.621. The predicted molar refractivity (Wildman–Crippen MR) is 55.2 cm³/mol. The first-order valence-corrected chi connectivity index (χ1v) is 4.53. The molecule has 0 radical (unpaired) electrons. The molecule has 16 heavy (non-hydrogen) atoms. The molecule has 0 N–H and O–H groups in total. The van der Waals surface area contributed by atoms with E-state index in [1.165, 1.54) is 13.3 Å². The number of rotatable bonds is 2. The van der Waals surface area contributed by atoms with E-state index < -0.39 is 5.97 Å². The molecule has 0 aromatic carbocycles. The molecule has 0 fully saturated rings. The Hall–Kier alpha value is -2.24. The van der Waals surface area contributed by atoms with E-state index in [0.29, 0.717) is 16.7 Å². The van der Waals surface area contributed by atoms with Crippen LogP contribution in [0.25, 0.3) is 11.0 Å². The first-order chi connectivity index (χ1) is 7.67. The molecule has 6 nitrogen and oxygen atoms in total. The van der Waals surface area contributed by atoms with Crippen LogP contribution in [-0.2, 0) is 11.8 Å². The summed E-state index contributed by atoms with van der Waals surface area (Å²) < 4.78 is 6.11. The lowest BCUT2D eigenvalue weighted by molar-refractivity contribution is 0.0587. The van der Waals surface area contributed by atoms with Crippen LogP contribution in [0.2, 0.25) is 0 Å². The van der Waals surface area contributed by atoms with Crippen LogP contribution in [0.3, 0.4) is 0 Å². The second-order valence-electron chi connectivity index (χ2n) is 3.21. The van der Waals surface area contributed by atoms with Crippen LogP contribution in [-0.4, -0.2) is 33.9 Å². The fourth-order valence-electron chi connectivity index (χ4n) is 1.43. The number of aryl methyl sites for hydroxylation is 1. The molecule has 0 saturated heterocycles. The Bertz CT molecular complexity index is 574. The van der Waals surface area contributed by atoms with E-state index in [2.05, 4.69) is 14.7 Å². The Morgan fingerprint density at radius 2 is 2.31 bits per heavy atom. The third-order valence-corrected chi connectivity index (χ3v) is 2.29. The zero-order valence-corrected chi connectivity index (χ0v) is 8.80. The number of hydrogen-bond donors (Lipinski definition) is 0. The van der Waals surface area contributed by atoms with E-state index in [-0.39, 0.29) is 5.82 Å². The molecule has 0 amide bonds. The quantitative estimate of drug-likeness (QED) is 0.545. The number of nitrogens with zero attached hydrogens (tertiary/aromatic N) is 3. The molecule has 0 bridgehead atoms. The lowest BCUT2D eigenvalue weighted by Crippen LogP contribution is -2.08. The van der Waals surface area contributed by atoms with E-state index in [0.717, 1.165) is 6.29 Å². The molecule has 2 heterocycles. The number of fused-ring (bicyclic) bond motifs is 1. The van der Waals surface area contributed by atoms with Crippen molar-refractivity contribution in [2.75, 3.05) is 7.11 Å². The molecule has 0 spiro atoms. The van der Waals surface area contributed by atoms with E-state index in [1.807, 2.05) is 0 Å². The minimum absolute atomic E-state index is 0.0198. The zero-order valence-electron chi connectivity index (χ0n) is 8.80. The number of methoxy groups -OCH3 is 1. The van der Waals surface area contributed by atoms with Crippen molar-refractivity contribution in [2.45, 2.75) is 0 Å². The van der Waals surface area contributed by atoms with Crippen LogP contribution in [0.1, 0.15) is 21.1 Å². The summed E-state index contributed by atoms with van der Waals surface area (Å²) in [6.07, 6.45) is 2.21. The van der Waals surface area contributed by atoms with Gasteiger partial charge in [0.25, 0.3) is 0 Å². The highest BCUT2D eigenvalue weighted by molar-refractivity contribution is 5.90. The summed E-state index contributed by atoms with van der Waals surface area (Å²) in [4.78, 5) is 29.8. The Labute approximate surface area is 90.9 Å². The van der Waals surface area contributed by atoms with Gasteiger partial charge in [-0.25, -0.2) is 14.8 Å². The van der Waals surface area contributed by atoms with Gasteiger partial charge in [0, 0.05) is 18.6 Å². The summed E-state index contributed by atoms with van der Waals surface area (Å²) in [5, 5.41) is 0.706. The number of hydrogen-bond acceptors (Lipinski definition) is 5. The molecule has 0 aliphatic carbocycles. The van der Waals surface area contributed by atoms with E-state index >= 15 is 0 Å². The lowest BCUT2D eigenvalue weighted by atomic mass is 10.4. The number of carbonyl (C=O) groups excluding carboxylic acids is 2. The second kappa shape index (κ2) is 3.73. The van der Waals surface area contributed by atoms with Gasteiger partial charge in [-0.1, -0.05) is 0 Å². The minimum atomic E-state index is -0.601. The third kappa shape index (κ3) is 1.44. The fourth-order valence-corrected chi connectivity index (χ4v) is 1.43. The van der Waals surface area contributed by atoms with Crippen LogP contribution < -0.4 is 0 Å². The summed E-state index contributed by atoms with van der Waals surface area (Å²) >= 11 is 0. The largest absolute Gasteiger partial charge is 0.463 e. The molecular formula is C10H9N3O3. The number of esters is 1. The van der Waals surface area contributed by atoms with E-state index in [9.17, 15) is 9.59 Å². The maximum atomic E-state index is 11.2. The monoisotopic (exact) mass is 219 g/mol. The van der Waals surface area contributed by atoms with Gasteiger partial charge in [-0.15, -0.1) is 0 Å². The van der Waals surface area contributed by atoms with Crippen molar-refractivity contribution in [3.05, 3.63) is 23.8 Å². The van der Waals surface area contributed by atoms with Crippen molar-refractivity contribution >= 4 is 23.3 Å². The van der Waals surface area contributed by atoms with E-state index in [1.54, 1.807) is 17.7 Å². The van der Waals surface area contributed by atoms with Gasteiger partial charge in [-0.3, -0.25) is 4.79 Å². The van der Waals surface area contributed by atoms with Gasteiger partial charge in [0.2, 0.25) is 5.82 Å². The van der Waals surface area contributed by atoms with Crippen LogP contribution in [0.15, 0.2) is 12.3 Å². The Kier molecular flexibility index (Phi) is 2.40. The lowest BCUT2D eigenvalue weighted by Gasteiger charge is -1.99. The van der Waals surface area contributed by atoms with E-state index in [4.69, 9.17) is 0 Å². The van der Waals surface area contributed by atoms with Gasteiger partial charge in [0.15, 0.2) is 6.29 Å². The van der Waals surface area contributed by atoms with Crippen molar-refractivity contribution in [2.24, 2.45) is 7.05 Å². The highest BCUT2D eigenvalue weighted by atomic mass is 16.5. The van der Waals surface area contributed by atoms with Crippen LogP contribution in [0.5, 0.6) is 0 Å². The molecule has 0 saturated carbocycles. The molecule has 0 aliphatic heterocycles. The van der Waals surface area contributed by atoms with Crippen molar-refractivity contribution in [3.8, 4) is 0 Å². The topological polar surface area (TPSA) is 74.1 Å². The third-order valence-electron chi connectivity index (χ3n) is 2.29. The van der Waals surface area contributed by atoms with Gasteiger partial charge in [-0.05, 0) is 6.07 Å². The van der Waals surface area contributed by atoms with Crippen molar-refractivity contribution < 1.29 is 14.3 Å². The molecule has 2 rings (SSSR count). The average Bonchev–Trinajstić information content (AvgIpc) is 2.64. The molecule has 0 aliphatic rings. The first kappa shape index (κ1) is 10.3. The molecule has 0 atom stereocenters. The summed E-state index contributed by atoms with van der Waals surface area (Å²) in [7, 11) is 2.96. The highest BCUT2D eigenvalue weighted by Crippen LogP contribution is 2.14. The van der Waals surface area contributed by atoms with Gasteiger partial charge in [0.1, 0.15) is 5.65 Å². The molecule has 2 aromatic heterocycles. The number of aldehydes is 1. The molecule has 82 valence electrons. The van der Waals surface area contributed by atoms with Crippen molar-refractivity contribution in [3.63, 3.8) is 0 Å². The average molecular weight is 219 g/mol. The van der Waals surface area contributed by atoms with Gasteiger partial charge in [0.05, 0.1) is 12.8 Å². The van der Waals surface area contributed by atoms with Gasteiger partial charge in [-0.2, -0.15) is 0 Å². The van der Waals surface area contributed by atoms with Crippen LogP contribution in [0, 0.1) is 0 Å². The Morgan fingerprint density at radius 1 is 1.56 bits per heavy atom. The predicted octanol–water partition coefficient (Wildman–Crippen LogP) is 0.567. The molecule has 6 heteroatoms. The highest BCUT2D eigenvalue weighted by Gasteiger charge is 2.13. The molecule has 2 aromatic rings. The van der Waals surface area contributed by atoms with Crippen LogP contribution in [0.4, 0.5) is 0 Å². The maximum Gasteiger partial charge on any atom is 0.376 e. The minimum Gasteiger partial charge on any atom is -0.463 e. The Morgan fingerprint density at radius 3 is 2.94 bits per heavy atom. The normalized spacial score (nSPS) is 10.4. The number of carbonyl (C=O) groups is 2. The molecular weight excluding hydrogens is 210 g/mol. The fraction of sp³-hybridized carbons (Fsp3) is 0.200. The zero-order chi connectivity index (χ0) is 11.7. The second-order valence-corrected chi connectivity index (χ2v) is 3.21. The van der Waals surface area contributed by atoms with Crippen LogP contribution >= 0.6 is 0 Å². The SMILES string of the molecule is COC(=O)c1ncc2cc(C=O)n(C)c2n1. The maximum absolute atomic E-state index is 11.2. The van der Waals surface area contributed by atoms with Crippen molar-refractivity contribution in [1.82, 2.24) is 14.5 Å². The standard InChI is InChI=1S/C10H9N3O3/c1-13-7(5-14)3-6-4-11-8(10(15)16-2)12-9(6)13/h3-5H,1-2H3. The molecule has 0 unspecified atom stereocenters. The Balaban J connectivity index is 2.65. The van der Waals surface area contributed by atoms with Crippen molar-refractivity contribution in [1.29, 1.82) is 0 Å². The summed E-state index contributed by atoms with van der Waals surface area (Å²) in [5.41, 5.74) is 1.00. The first-order valence-electron chi connectivity index (χ1n) is 4.53. The number of ether oxygens (including phenoxy) is 1. The van der Waals surface area contributed by atoms with Gasteiger partial charge < -0.3 is 9.30 Å². The summed E-state index contributed by atoms with van der Waals surface area (Å²) in [6.45, 7) is 0. The smallest absolute Gasteiger partial charge is 0.376 e. The van der Waals surface area contributed by atoms with Gasteiger partial charge >= 0.3 is 5.97 Å². The summed E-state index contributed by atoms with van der Waals surface area (Å²) in [6, 6.07) is 1.66.